The van der Waals surface area contributed by atoms with Gasteiger partial charge in [0.1, 0.15) is 0 Å². The number of benzene rings is 2. The van der Waals surface area contributed by atoms with E-state index in [9.17, 15) is 9.59 Å². The molecule has 3 aromatic rings. The fraction of sp³-hybridized carbons (Fsp3) is 0.360. The maximum Gasteiger partial charge on any atom is 0.320 e. The highest BCUT2D eigenvalue weighted by atomic mass is 16.4. The quantitative estimate of drug-likeness (QED) is 0.424. The molecule has 1 aliphatic rings. The zero-order valence-electron chi connectivity index (χ0n) is 18.6. The smallest absolute Gasteiger partial charge is 0.320 e. The summed E-state index contributed by atoms with van der Waals surface area (Å²) < 4.78 is 5.45. The van der Waals surface area contributed by atoms with Crippen LogP contribution in [-0.4, -0.2) is 27.2 Å². The minimum Gasteiger partial charge on any atom is -0.481 e. The molecule has 3 N–H and O–H groups in total. The molecule has 33 heavy (non-hydrogen) atoms. The molecule has 2 aromatic carbocycles. The number of aliphatic carboxylic acids is 1. The molecule has 172 valence electrons. The molecule has 4 rings (SSSR count). The number of amides is 1. The fourth-order valence-electron chi connectivity index (χ4n) is 4.28. The second-order valence-electron chi connectivity index (χ2n) is 8.48. The van der Waals surface area contributed by atoms with Crippen molar-refractivity contribution in [2.45, 2.75) is 51.4 Å². The van der Waals surface area contributed by atoms with Crippen LogP contribution in [-0.2, 0) is 11.2 Å². The van der Waals surface area contributed by atoms with Gasteiger partial charge in [0, 0.05) is 17.8 Å². The average molecular weight is 449 g/mol. The van der Waals surface area contributed by atoms with Gasteiger partial charge in [-0.25, -0.2) is 0 Å². The highest BCUT2D eigenvalue weighted by Crippen LogP contribution is 2.37. The molecule has 1 heterocycles. The number of aromatic nitrogens is 2. The van der Waals surface area contributed by atoms with Crippen LogP contribution >= 0.6 is 0 Å². The van der Waals surface area contributed by atoms with E-state index in [1.54, 1.807) is 0 Å². The Bertz CT molecular complexity index is 1080. The average Bonchev–Trinajstić information content (AvgIpc) is 3.29. The maximum absolute atomic E-state index is 12.5. The molecular weight excluding hydrogens is 420 g/mol. The van der Waals surface area contributed by atoms with Crippen molar-refractivity contribution in [2.75, 3.05) is 10.6 Å². The minimum absolute atomic E-state index is 0.122. The molecule has 8 heteroatoms. The monoisotopic (exact) mass is 448 g/mol. The Morgan fingerprint density at radius 3 is 2.27 bits per heavy atom. The summed E-state index contributed by atoms with van der Waals surface area (Å²) in [7, 11) is 0. The van der Waals surface area contributed by atoms with E-state index >= 15 is 0 Å². The third kappa shape index (κ3) is 5.97. The Labute approximate surface area is 192 Å². The summed E-state index contributed by atoms with van der Waals surface area (Å²) in [5.41, 5.74) is 3.88. The lowest BCUT2D eigenvalue weighted by Crippen LogP contribution is -2.16. The number of hydrogen-bond acceptors (Lipinski definition) is 6. The van der Waals surface area contributed by atoms with E-state index in [4.69, 9.17) is 9.52 Å². The van der Waals surface area contributed by atoms with Gasteiger partial charge in [-0.05, 0) is 79.3 Å². The van der Waals surface area contributed by atoms with E-state index < -0.39 is 11.9 Å². The zero-order chi connectivity index (χ0) is 23.2. The fourth-order valence-corrected chi connectivity index (χ4v) is 4.28. The lowest BCUT2D eigenvalue weighted by molar-refractivity contribution is -0.138. The van der Waals surface area contributed by atoms with Gasteiger partial charge in [-0.3, -0.25) is 9.59 Å². The van der Waals surface area contributed by atoms with Crippen LogP contribution in [0.2, 0.25) is 0 Å². The van der Waals surface area contributed by atoms with Gasteiger partial charge in [-0.1, -0.05) is 36.3 Å². The topological polar surface area (TPSA) is 117 Å². The number of anilines is 3. The minimum atomic E-state index is -0.715. The summed E-state index contributed by atoms with van der Waals surface area (Å²) in [4.78, 5) is 23.4. The summed E-state index contributed by atoms with van der Waals surface area (Å²) in [6.07, 6.45) is 5.07. The highest BCUT2D eigenvalue weighted by Gasteiger charge is 2.24. The van der Waals surface area contributed by atoms with E-state index in [0.717, 1.165) is 37.8 Å². The molecule has 0 bridgehead atoms. The molecule has 0 atom stereocenters. The van der Waals surface area contributed by atoms with Crippen LogP contribution < -0.4 is 10.6 Å². The van der Waals surface area contributed by atoms with E-state index in [1.165, 1.54) is 11.1 Å². The van der Waals surface area contributed by atoms with Crippen molar-refractivity contribution >= 4 is 29.3 Å². The summed E-state index contributed by atoms with van der Waals surface area (Å²) >= 11 is 0. The Morgan fingerprint density at radius 2 is 1.64 bits per heavy atom. The Morgan fingerprint density at radius 1 is 0.970 bits per heavy atom. The first-order chi connectivity index (χ1) is 16.0. The second-order valence-corrected chi connectivity index (χ2v) is 8.48. The lowest BCUT2D eigenvalue weighted by Gasteiger charge is -2.28. The van der Waals surface area contributed by atoms with Gasteiger partial charge in [-0.15, -0.1) is 5.10 Å². The number of carboxylic acid groups (broad SMARTS) is 1. The van der Waals surface area contributed by atoms with Crippen molar-refractivity contribution in [3.63, 3.8) is 0 Å². The predicted octanol–water partition coefficient (Wildman–Crippen LogP) is 5.38. The van der Waals surface area contributed by atoms with Gasteiger partial charge in [0.05, 0.1) is 0 Å². The van der Waals surface area contributed by atoms with E-state index in [2.05, 4.69) is 27.8 Å². The van der Waals surface area contributed by atoms with Crippen molar-refractivity contribution in [2.24, 2.45) is 5.92 Å². The number of nitrogens with zero attached hydrogens (tertiary/aromatic N) is 2. The molecule has 1 aromatic heterocycles. The van der Waals surface area contributed by atoms with Crippen molar-refractivity contribution in [1.82, 2.24) is 10.2 Å². The molecule has 1 fully saturated rings. The maximum atomic E-state index is 12.5. The van der Waals surface area contributed by atoms with Crippen LogP contribution in [0.1, 0.15) is 66.8 Å². The molecule has 0 aliphatic heterocycles. The third-order valence-corrected chi connectivity index (χ3v) is 6.18. The molecule has 0 radical (unpaired) electrons. The van der Waals surface area contributed by atoms with Crippen molar-refractivity contribution in [3.8, 4) is 0 Å². The van der Waals surface area contributed by atoms with E-state index in [-0.39, 0.29) is 24.2 Å². The molecule has 1 amide bonds. The van der Waals surface area contributed by atoms with E-state index in [1.807, 2.05) is 48.5 Å². The first kappa shape index (κ1) is 22.5. The van der Waals surface area contributed by atoms with Crippen molar-refractivity contribution in [1.29, 1.82) is 0 Å². The third-order valence-electron chi connectivity index (χ3n) is 6.18. The van der Waals surface area contributed by atoms with Gasteiger partial charge in [0.25, 0.3) is 0 Å². The largest absolute Gasteiger partial charge is 0.481 e. The molecule has 1 aliphatic carbocycles. The number of rotatable bonds is 8. The first-order valence-corrected chi connectivity index (χ1v) is 11.3. The SMILES string of the molecule is CCc1ccc(Nc2nnc(C(=O)Nc3ccc(C4CCC(CC(=O)O)CC4)cc3)o2)cc1. The lowest BCUT2D eigenvalue weighted by atomic mass is 9.77. The Balaban J connectivity index is 1.30. The van der Waals surface area contributed by atoms with Crippen LogP contribution in [0.5, 0.6) is 0 Å². The van der Waals surface area contributed by atoms with Crippen LogP contribution in [0.25, 0.3) is 0 Å². The second kappa shape index (κ2) is 10.3. The number of hydrogen-bond donors (Lipinski definition) is 3. The normalized spacial score (nSPS) is 18.0. The summed E-state index contributed by atoms with van der Waals surface area (Å²) in [6.45, 7) is 2.09. The summed E-state index contributed by atoms with van der Waals surface area (Å²) in [5.74, 6) is -0.604. The van der Waals surface area contributed by atoms with Gasteiger partial charge in [-0.2, -0.15) is 0 Å². The molecule has 1 saturated carbocycles. The number of carbonyl (C=O) groups is 2. The van der Waals surface area contributed by atoms with Crippen LogP contribution in [0.15, 0.2) is 52.9 Å². The van der Waals surface area contributed by atoms with E-state index in [0.29, 0.717) is 11.6 Å². The molecule has 0 unspecified atom stereocenters. The van der Waals surface area contributed by atoms with Crippen LogP contribution in [0, 0.1) is 5.92 Å². The highest BCUT2D eigenvalue weighted by molar-refractivity contribution is 6.00. The Kier molecular flexibility index (Phi) is 7.02. The zero-order valence-corrected chi connectivity index (χ0v) is 18.6. The Hall–Kier alpha value is -3.68. The number of aryl methyl sites for hydroxylation is 1. The predicted molar refractivity (Wildman–Crippen MR) is 125 cm³/mol. The van der Waals surface area contributed by atoms with Gasteiger partial charge >= 0.3 is 23.8 Å². The molecule has 0 saturated heterocycles. The van der Waals surface area contributed by atoms with Gasteiger partial charge < -0.3 is 20.2 Å². The van der Waals surface area contributed by atoms with Crippen molar-refractivity contribution in [3.05, 3.63) is 65.5 Å². The standard InChI is InChI=1S/C25H28N4O4/c1-2-16-5-11-21(12-6-16)27-25-29-28-24(33-25)23(32)26-20-13-9-19(10-14-20)18-7-3-17(4-8-18)15-22(30)31/h5-6,9-14,17-18H,2-4,7-8,15H2,1H3,(H,26,32)(H,27,29)(H,30,31). The van der Waals surface area contributed by atoms with Gasteiger partial charge in [0.15, 0.2) is 0 Å². The van der Waals surface area contributed by atoms with Crippen LogP contribution in [0.3, 0.4) is 0 Å². The van der Waals surface area contributed by atoms with Gasteiger partial charge in [0.2, 0.25) is 0 Å². The molecule has 8 nitrogen and oxygen atoms in total. The first-order valence-electron chi connectivity index (χ1n) is 11.3. The summed E-state index contributed by atoms with van der Waals surface area (Å²) in [6, 6.07) is 15.8. The molecular formula is C25H28N4O4. The number of carbonyl (C=O) groups excluding carboxylic acids is 1. The molecule has 0 spiro atoms. The van der Waals surface area contributed by atoms with Crippen molar-refractivity contribution < 1.29 is 19.1 Å². The number of carboxylic acids is 1. The number of nitrogens with one attached hydrogen (secondary N) is 2. The summed E-state index contributed by atoms with van der Waals surface area (Å²) in [5, 5.41) is 22.5. The van der Waals surface area contributed by atoms with Crippen LogP contribution in [0.4, 0.5) is 17.4 Å².